The van der Waals surface area contributed by atoms with Crippen molar-refractivity contribution in [3.05, 3.63) is 0 Å². The molecular formula is C16H32N2O3. The maximum absolute atomic E-state index is 11.7. The first-order valence-electron chi connectivity index (χ1n) is 8.25. The molecule has 5 nitrogen and oxygen atoms in total. The highest BCUT2D eigenvalue weighted by atomic mass is 16.4. The highest BCUT2D eigenvalue weighted by Crippen LogP contribution is 2.17. The number of carbonyl (C=O) groups excluding carboxylic acids is 1. The lowest BCUT2D eigenvalue weighted by Crippen LogP contribution is -2.41. The second-order valence-corrected chi connectivity index (χ2v) is 5.82. The molecule has 0 aromatic heterocycles. The van der Waals surface area contributed by atoms with Gasteiger partial charge >= 0.3 is 12.0 Å². The van der Waals surface area contributed by atoms with E-state index in [0.29, 0.717) is 18.9 Å². The zero-order valence-electron chi connectivity index (χ0n) is 13.8. The molecule has 2 amide bonds. The summed E-state index contributed by atoms with van der Waals surface area (Å²) in [6.07, 6.45) is 7.07. The minimum atomic E-state index is -0.744. The minimum absolute atomic E-state index is 0.118. The topological polar surface area (TPSA) is 78.4 Å². The van der Waals surface area contributed by atoms with E-state index in [1.54, 1.807) is 0 Å². The maximum atomic E-state index is 11.7. The molecule has 0 aliphatic rings. The van der Waals surface area contributed by atoms with Crippen LogP contribution in [0.1, 0.15) is 72.1 Å². The van der Waals surface area contributed by atoms with Gasteiger partial charge in [0.2, 0.25) is 0 Å². The Kier molecular flexibility index (Phi) is 11.7. The maximum Gasteiger partial charge on any atom is 0.314 e. The third-order valence-electron chi connectivity index (χ3n) is 3.67. The average molecular weight is 300 g/mol. The Morgan fingerprint density at radius 3 is 2.33 bits per heavy atom. The van der Waals surface area contributed by atoms with Crippen molar-refractivity contribution in [1.29, 1.82) is 0 Å². The number of rotatable bonds is 12. The van der Waals surface area contributed by atoms with Gasteiger partial charge in [0.05, 0.1) is 0 Å². The average Bonchev–Trinajstić information content (AvgIpc) is 2.42. The number of hydrogen-bond donors (Lipinski definition) is 3. The normalized spacial score (nSPS) is 13.5. The SMILES string of the molecule is CCCCC(C)NC(=O)NCCC(CCC)CCC(=O)O. The Hall–Kier alpha value is -1.26. The van der Waals surface area contributed by atoms with Crippen LogP contribution in [0, 0.1) is 5.92 Å². The van der Waals surface area contributed by atoms with Gasteiger partial charge in [0, 0.05) is 19.0 Å². The molecule has 5 heteroatoms. The van der Waals surface area contributed by atoms with Crippen LogP contribution in [0.15, 0.2) is 0 Å². The number of carboxylic acid groups (broad SMARTS) is 1. The number of urea groups is 1. The lowest BCUT2D eigenvalue weighted by molar-refractivity contribution is -0.137. The molecule has 0 heterocycles. The molecule has 0 aliphatic carbocycles. The Labute approximate surface area is 128 Å². The fraction of sp³-hybridized carbons (Fsp3) is 0.875. The molecule has 0 bridgehead atoms. The van der Waals surface area contributed by atoms with Crippen LogP contribution in [0.5, 0.6) is 0 Å². The van der Waals surface area contributed by atoms with Crippen molar-refractivity contribution in [1.82, 2.24) is 10.6 Å². The van der Waals surface area contributed by atoms with Gasteiger partial charge in [-0.15, -0.1) is 0 Å². The second-order valence-electron chi connectivity index (χ2n) is 5.82. The number of amides is 2. The highest BCUT2D eigenvalue weighted by Gasteiger charge is 2.11. The van der Waals surface area contributed by atoms with Crippen molar-refractivity contribution >= 4 is 12.0 Å². The van der Waals surface area contributed by atoms with E-state index in [0.717, 1.165) is 38.5 Å². The molecule has 0 spiro atoms. The molecule has 0 saturated heterocycles. The Bertz CT molecular complexity index is 295. The summed E-state index contributed by atoms with van der Waals surface area (Å²) in [6, 6.07) is 0.0792. The minimum Gasteiger partial charge on any atom is -0.481 e. The number of aliphatic carboxylic acids is 1. The summed E-state index contributed by atoms with van der Waals surface area (Å²) in [5.74, 6) is -0.365. The van der Waals surface area contributed by atoms with Gasteiger partial charge in [0.25, 0.3) is 0 Å². The van der Waals surface area contributed by atoms with Crippen LogP contribution < -0.4 is 10.6 Å². The smallest absolute Gasteiger partial charge is 0.314 e. The van der Waals surface area contributed by atoms with Gasteiger partial charge in [-0.25, -0.2) is 4.79 Å². The second kappa shape index (κ2) is 12.5. The molecule has 2 unspecified atom stereocenters. The van der Waals surface area contributed by atoms with Crippen molar-refractivity contribution in [3.63, 3.8) is 0 Å². The Balaban J connectivity index is 3.85. The van der Waals surface area contributed by atoms with E-state index >= 15 is 0 Å². The number of unbranched alkanes of at least 4 members (excludes halogenated alkanes) is 1. The fourth-order valence-corrected chi connectivity index (χ4v) is 2.42. The Morgan fingerprint density at radius 2 is 1.76 bits per heavy atom. The lowest BCUT2D eigenvalue weighted by Gasteiger charge is -2.17. The number of carboxylic acids is 1. The zero-order chi connectivity index (χ0) is 16.1. The predicted octanol–water partition coefficient (Wildman–Crippen LogP) is 3.54. The van der Waals surface area contributed by atoms with E-state index in [1.807, 2.05) is 6.92 Å². The van der Waals surface area contributed by atoms with E-state index in [2.05, 4.69) is 24.5 Å². The van der Waals surface area contributed by atoms with Crippen LogP contribution in [0.4, 0.5) is 4.79 Å². The number of nitrogens with one attached hydrogen (secondary N) is 2. The molecule has 0 aromatic rings. The quantitative estimate of drug-likeness (QED) is 0.516. The van der Waals surface area contributed by atoms with E-state index < -0.39 is 5.97 Å². The summed E-state index contributed by atoms with van der Waals surface area (Å²) >= 11 is 0. The van der Waals surface area contributed by atoms with Crippen molar-refractivity contribution in [2.24, 2.45) is 5.92 Å². The molecule has 21 heavy (non-hydrogen) atoms. The van der Waals surface area contributed by atoms with Gasteiger partial charge < -0.3 is 15.7 Å². The first-order chi connectivity index (χ1) is 9.99. The van der Waals surface area contributed by atoms with Gasteiger partial charge in [-0.2, -0.15) is 0 Å². The summed E-state index contributed by atoms with van der Waals surface area (Å²) in [5.41, 5.74) is 0. The van der Waals surface area contributed by atoms with E-state index in [4.69, 9.17) is 5.11 Å². The van der Waals surface area contributed by atoms with Gasteiger partial charge in [-0.05, 0) is 32.1 Å². The summed E-state index contributed by atoms with van der Waals surface area (Å²) < 4.78 is 0. The zero-order valence-corrected chi connectivity index (χ0v) is 13.8. The van der Waals surface area contributed by atoms with Gasteiger partial charge in [-0.3, -0.25) is 4.79 Å². The van der Waals surface area contributed by atoms with Crippen molar-refractivity contribution < 1.29 is 14.7 Å². The summed E-state index contributed by atoms with van der Waals surface area (Å²) in [6.45, 7) is 6.86. The van der Waals surface area contributed by atoms with E-state index in [-0.39, 0.29) is 18.5 Å². The summed E-state index contributed by atoms with van der Waals surface area (Å²) in [5, 5.41) is 14.5. The largest absolute Gasteiger partial charge is 0.481 e. The van der Waals surface area contributed by atoms with Crippen LogP contribution in [0.2, 0.25) is 0 Å². The van der Waals surface area contributed by atoms with E-state index in [1.165, 1.54) is 0 Å². The first kappa shape index (κ1) is 19.7. The van der Waals surface area contributed by atoms with Crippen molar-refractivity contribution in [3.8, 4) is 0 Å². The summed E-state index contributed by atoms with van der Waals surface area (Å²) in [4.78, 5) is 22.3. The van der Waals surface area contributed by atoms with Crippen LogP contribution in [0.25, 0.3) is 0 Å². The third kappa shape index (κ3) is 12.2. The Morgan fingerprint density at radius 1 is 1.05 bits per heavy atom. The standard InChI is InChI=1S/C16H32N2O3/c1-4-6-8-13(3)18-16(21)17-12-11-14(7-5-2)9-10-15(19)20/h13-14H,4-12H2,1-3H3,(H,19,20)(H2,17,18,21). The highest BCUT2D eigenvalue weighted by molar-refractivity contribution is 5.74. The van der Waals surface area contributed by atoms with Crippen LogP contribution in [0.3, 0.4) is 0 Å². The van der Waals surface area contributed by atoms with Crippen LogP contribution >= 0.6 is 0 Å². The first-order valence-corrected chi connectivity index (χ1v) is 8.25. The molecule has 2 atom stereocenters. The fourth-order valence-electron chi connectivity index (χ4n) is 2.42. The molecule has 0 rings (SSSR count). The van der Waals surface area contributed by atoms with Gasteiger partial charge in [0.1, 0.15) is 0 Å². The molecule has 0 aromatic carbocycles. The molecule has 0 radical (unpaired) electrons. The van der Waals surface area contributed by atoms with Crippen molar-refractivity contribution in [2.45, 2.75) is 78.2 Å². The van der Waals surface area contributed by atoms with Crippen molar-refractivity contribution in [2.75, 3.05) is 6.54 Å². The van der Waals surface area contributed by atoms with Crippen LogP contribution in [-0.4, -0.2) is 29.7 Å². The number of carbonyl (C=O) groups is 2. The molecule has 124 valence electrons. The predicted molar refractivity (Wildman–Crippen MR) is 85.4 cm³/mol. The molecule has 3 N–H and O–H groups in total. The lowest BCUT2D eigenvalue weighted by atomic mass is 9.94. The van der Waals surface area contributed by atoms with Gasteiger partial charge in [0.15, 0.2) is 0 Å². The monoisotopic (exact) mass is 300 g/mol. The number of hydrogen-bond acceptors (Lipinski definition) is 2. The third-order valence-corrected chi connectivity index (χ3v) is 3.67. The molecule has 0 aliphatic heterocycles. The van der Waals surface area contributed by atoms with Crippen LogP contribution in [-0.2, 0) is 4.79 Å². The summed E-state index contributed by atoms with van der Waals surface area (Å²) in [7, 11) is 0. The molecule has 0 saturated carbocycles. The molecule has 0 fully saturated rings. The molecular weight excluding hydrogens is 268 g/mol. The van der Waals surface area contributed by atoms with E-state index in [9.17, 15) is 9.59 Å². The van der Waals surface area contributed by atoms with Gasteiger partial charge in [-0.1, -0.05) is 39.5 Å².